The topological polar surface area (TPSA) is 95.7 Å². The predicted octanol–water partition coefficient (Wildman–Crippen LogP) is 2.98. The quantitative estimate of drug-likeness (QED) is 0.745. The predicted molar refractivity (Wildman–Crippen MR) is 114 cm³/mol. The summed E-state index contributed by atoms with van der Waals surface area (Å²) in [5.74, 6) is 0.683. The number of fused-ring (bicyclic) bond motifs is 3. The van der Waals surface area contributed by atoms with E-state index in [9.17, 15) is 9.59 Å². The third-order valence-corrected chi connectivity index (χ3v) is 6.86. The Morgan fingerprint density at radius 2 is 2.03 bits per heavy atom. The Kier molecular flexibility index (Phi) is 5.36. The Bertz CT molecular complexity index is 1010. The molecule has 2 aromatic rings. The third-order valence-electron chi connectivity index (χ3n) is 6.86. The smallest absolute Gasteiger partial charge is 0.309 e. The Hall–Kier alpha value is -2.93. The lowest BCUT2D eigenvalue weighted by atomic mass is 9.73. The number of allylic oxidation sites excluding steroid dienone is 2. The number of likely N-dealkylation sites (tertiary alicyclic amines) is 1. The highest BCUT2D eigenvalue weighted by Crippen LogP contribution is 2.44. The molecule has 0 radical (unpaired) electrons. The van der Waals surface area contributed by atoms with E-state index in [2.05, 4.69) is 21.4 Å². The van der Waals surface area contributed by atoms with Gasteiger partial charge in [0.15, 0.2) is 11.5 Å². The van der Waals surface area contributed by atoms with Crippen molar-refractivity contribution in [2.24, 2.45) is 17.8 Å². The minimum absolute atomic E-state index is 0.188. The van der Waals surface area contributed by atoms with Crippen LogP contribution in [0.5, 0.6) is 0 Å². The van der Waals surface area contributed by atoms with Crippen molar-refractivity contribution in [3.8, 4) is 0 Å². The van der Waals surface area contributed by atoms with Gasteiger partial charge in [0, 0.05) is 31.7 Å². The normalized spacial score (nSPS) is 23.3. The molecule has 31 heavy (non-hydrogen) atoms. The highest BCUT2D eigenvalue weighted by atomic mass is 16.5. The van der Waals surface area contributed by atoms with Crippen molar-refractivity contribution in [1.82, 2.24) is 15.4 Å². The molecular weight excluding hydrogens is 394 g/mol. The second-order valence-electron chi connectivity index (χ2n) is 8.99. The van der Waals surface area contributed by atoms with Crippen LogP contribution in [0.1, 0.15) is 46.6 Å². The molecule has 0 spiro atoms. The summed E-state index contributed by atoms with van der Waals surface area (Å²) in [6.45, 7) is 2.76. The average Bonchev–Trinajstić information content (AvgIpc) is 3.19. The number of carbonyl (C=O) groups is 2. The number of nitrogens with zero attached hydrogens (tertiary/aromatic N) is 2. The average molecular weight is 421 g/mol. The summed E-state index contributed by atoms with van der Waals surface area (Å²) >= 11 is 0. The molecule has 7 nitrogen and oxygen atoms in total. The van der Waals surface area contributed by atoms with Gasteiger partial charge in [0.05, 0.1) is 5.92 Å². The number of carboxylic acid groups (broad SMARTS) is 1. The second kappa shape index (κ2) is 8.30. The van der Waals surface area contributed by atoms with Crippen LogP contribution in [0, 0.1) is 17.8 Å². The molecule has 2 atom stereocenters. The first-order chi connectivity index (χ1) is 15.1. The maximum atomic E-state index is 12.7. The van der Waals surface area contributed by atoms with Gasteiger partial charge >= 0.3 is 5.97 Å². The lowest BCUT2D eigenvalue weighted by Gasteiger charge is -2.41. The summed E-state index contributed by atoms with van der Waals surface area (Å²) in [6, 6.07) is 9.82. The van der Waals surface area contributed by atoms with E-state index >= 15 is 0 Å². The molecule has 1 aromatic heterocycles. The maximum absolute atomic E-state index is 12.7. The van der Waals surface area contributed by atoms with Gasteiger partial charge < -0.3 is 19.8 Å². The van der Waals surface area contributed by atoms with Gasteiger partial charge in [0.1, 0.15) is 0 Å². The van der Waals surface area contributed by atoms with Gasteiger partial charge in [-0.2, -0.15) is 0 Å². The zero-order chi connectivity index (χ0) is 21.4. The molecule has 1 amide bonds. The first-order valence-electron chi connectivity index (χ1n) is 11.0. The van der Waals surface area contributed by atoms with E-state index in [1.165, 1.54) is 5.57 Å². The number of benzene rings is 1. The largest absolute Gasteiger partial charge is 0.481 e. The van der Waals surface area contributed by atoms with Gasteiger partial charge in [-0.25, -0.2) is 0 Å². The molecule has 3 aliphatic rings. The number of rotatable bonds is 6. The summed E-state index contributed by atoms with van der Waals surface area (Å²) in [6.07, 6.45) is 6.08. The highest BCUT2D eigenvalue weighted by molar-refractivity contribution is 5.95. The number of hydrogen-bond donors (Lipinski definition) is 2. The van der Waals surface area contributed by atoms with Gasteiger partial charge in [-0.15, -0.1) is 0 Å². The molecule has 1 aliphatic heterocycles. The fourth-order valence-electron chi connectivity index (χ4n) is 5.15. The Balaban J connectivity index is 1.22. The van der Waals surface area contributed by atoms with E-state index < -0.39 is 5.97 Å². The first kappa shape index (κ1) is 20.0. The molecule has 1 fully saturated rings. The number of carbonyl (C=O) groups excluding carboxylic acids is 1. The molecule has 7 heteroatoms. The van der Waals surface area contributed by atoms with Gasteiger partial charge in [0.25, 0.3) is 5.91 Å². The van der Waals surface area contributed by atoms with Crippen LogP contribution in [0.3, 0.4) is 0 Å². The lowest BCUT2D eigenvalue weighted by molar-refractivity contribution is -0.147. The second-order valence-corrected chi connectivity index (χ2v) is 8.99. The Morgan fingerprint density at radius 1 is 1.23 bits per heavy atom. The number of carboxylic acids is 1. The zero-order valence-corrected chi connectivity index (χ0v) is 17.4. The van der Waals surface area contributed by atoms with E-state index in [0.717, 1.165) is 49.1 Å². The highest BCUT2D eigenvalue weighted by Gasteiger charge is 2.38. The molecule has 2 heterocycles. The van der Waals surface area contributed by atoms with Crippen LogP contribution in [0.2, 0.25) is 0 Å². The summed E-state index contributed by atoms with van der Waals surface area (Å²) in [5, 5.41) is 16.1. The van der Waals surface area contributed by atoms with E-state index in [0.29, 0.717) is 37.2 Å². The number of nitrogens with one attached hydrogen (secondary N) is 1. The minimum atomic E-state index is -0.684. The third kappa shape index (κ3) is 4.02. The number of aliphatic carboxylic acids is 1. The monoisotopic (exact) mass is 421 g/mol. The molecule has 0 saturated carbocycles. The van der Waals surface area contributed by atoms with Crippen molar-refractivity contribution in [1.29, 1.82) is 0 Å². The van der Waals surface area contributed by atoms with Crippen molar-refractivity contribution in [2.75, 3.05) is 19.6 Å². The van der Waals surface area contributed by atoms with Crippen molar-refractivity contribution in [2.45, 2.75) is 32.2 Å². The first-order valence-corrected chi connectivity index (χ1v) is 11.0. The molecule has 2 aliphatic carbocycles. The molecular formula is C24H27N3O4. The molecule has 1 aromatic carbocycles. The molecule has 0 bridgehead atoms. The Labute approximate surface area is 181 Å². The summed E-state index contributed by atoms with van der Waals surface area (Å²) < 4.78 is 5.66. The molecule has 162 valence electrons. The van der Waals surface area contributed by atoms with Crippen LogP contribution < -0.4 is 5.32 Å². The molecule has 2 N–H and O–H groups in total. The van der Waals surface area contributed by atoms with E-state index in [-0.39, 0.29) is 11.8 Å². The standard InChI is InChI=1S/C24H27N3O4/c28-23(25-11-15-4-2-1-3-5-15)21-20-9-7-17-10-16(6-8-19(17)22(20)31-26-21)12-27-13-18(14-27)24(29)30/h1-5,8,16-18H,6-7,9-14H2,(H,25,28)(H,29,30). The van der Waals surface area contributed by atoms with Crippen molar-refractivity contribution in [3.05, 3.63) is 59.0 Å². The fraction of sp³-hybridized carbons (Fsp3) is 0.458. The number of hydrogen-bond acceptors (Lipinski definition) is 5. The van der Waals surface area contributed by atoms with Crippen LogP contribution >= 0.6 is 0 Å². The summed E-state index contributed by atoms with van der Waals surface area (Å²) in [7, 11) is 0. The molecule has 2 unspecified atom stereocenters. The van der Waals surface area contributed by atoms with E-state index in [1.807, 2.05) is 30.3 Å². The van der Waals surface area contributed by atoms with Crippen molar-refractivity contribution in [3.63, 3.8) is 0 Å². The SMILES string of the molecule is O=C(NCc1ccccc1)c1noc2c1CCC1CC(CN3CC(C(=O)O)C3)CC=C21. The van der Waals surface area contributed by atoms with Crippen LogP contribution in [-0.2, 0) is 17.8 Å². The van der Waals surface area contributed by atoms with Crippen molar-refractivity contribution < 1.29 is 19.2 Å². The van der Waals surface area contributed by atoms with Gasteiger partial charge in [0.2, 0.25) is 0 Å². The van der Waals surface area contributed by atoms with Crippen LogP contribution in [0.15, 0.2) is 40.9 Å². The van der Waals surface area contributed by atoms with Crippen LogP contribution in [0.4, 0.5) is 0 Å². The summed E-state index contributed by atoms with van der Waals surface area (Å²) in [4.78, 5) is 26.0. The minimum Gasteiger partial charge on any atom is -0.481 e. The van der Waals surface area contributed by atoms with Crippen LogP contribution in [-0.4, -0.2) is 46.7 Å². The van der Waals surface area contributed by atoms with E-state index in [4.69, 9.17) is 9.63 Å². The molecule has 5 rings (SSSR count). The summed E-state index contributed by atoms with van der Waals surface area (Å²) in [5.41, 5.74) is 3.58. The van der Waals surface area contributed by atoms with Gasteiger partial charge in [-0.3, -0.25) is 9.59 Å². The van der Waals surface area contributed by atoms with Crippen LogP contribution in [0.25, 0.3) is 5.57 Å². The van der Waals surface area contributed by atoms with E-state index in [1.54, 1.807) is 0 Å². The van der Waals surface area contributed by atoms with Gasteiger partial charge in [-0.1, -0.05) is 41.6 Å². The molecule has 1 saturated heterocycles. The maximum Gasteiger partial charge on any atom is 0.309 e. The number of aromatic nitrogens is 1. The zero-order valence-electron chi connectivity index (χ0n) is 17.4. The number of amides is 1. The Morgan fingerprint density at radius 3 is 2.81 bits per heavy atom. The van der Waals surface area contributed by atoms with Gasteiger partial charge in [-0.05, 0) is 48.7 Å². The van der Waals surface area contributed by atoms with Crippen molar-refractivity contribution >= 4 is 17.4 Å². The lowest BCUT2D eigenvalue weighted by Crippen LogP contribution is -2.52. The fourth-order valence-corrected chi connectivity index (χ4v) is 5.15.